The Morgan fingerprint density at radius 1 is 1.06 bits per heavy atom. The van der Waals surface area contributed by atoms with Gasteiger partial charge in [0, 0.05) is 48.7 Å². The minimum absolute atomic E-state index is 0.0611. The van der Waals surface area contributed by atoms with Gasteiger partial charge in [0.2, 0.25) is 5.91 Å². The maximum absolute atomic E-state index is 14.0. The van der Waals surface area contributed by atoms with Crippen LogP contribution in [0.25, 0.3) is 0 Å². The zero-order chi connectivity index (χ0) is 36.3. The molecule has 6 aliphatic rings. The maximum Gasteiger partial charge on any atom is 0.339 e. The Kier molecular flexibility index (Phi) is 8.13. The number of benzene rings is 1. The fourth-order valence-corrected chi connectivity index (χ4v) is 12.9. The van der Waals surface area contributed by atoms with Crippen molar-refractivity contribution in [2.75, 3.05) is 6.54 Å². The first-order chi connectivity index (χ1) is 24.1. The Morgan fingerprint density at radius 3 is 2.49 bits per heavy atom. The molecule has 6 fully saturated rings. The van der Waals surface area contributed by atoms with E-state index in [-0.39, 0.29) is 64.6 Å². The zero-order valence-electron chi connectivity index (χ0n) is 30.7. The van der Waals surface area contributed by atoms with E-state index in [0.717, 1.165) is 57.1 Å². The monoisotopic (exact) mass is 701 g/mol. The standard InChI is InChI=1S/C42H51F2N2O5/c1-24-16-30(22-46(25(2)47)21-26-17-28(43)19-29(44)18-26)50-35-34(24)39(5)13-14-42-23-41(42)12-11-33(51-37(49)27-8-7-15-45-20-27)38(3,4)31(41)9-10-32(42)40(39,6)36(35)48/h7-8,15,17-20,24,31,33-34,36,48H,9-14,16,21-23H2,1-6H3/t24-,31+,33+,34+,36+,39-,40-,41-,42+/m1/s1. The van der Waals surface area contributed by atoms with Gasteiger partial charge >= 0.3 is 5.97 Å². The molecule has 2 heterocycles. The first-order valence-corrected chi connectivity index (χ1v) is 18.8. The molecule has 9 atom stereocenters. The number of carbonyl (C=O) groups is 2. The summed E-state index contributed by atoms with van der Waals surface area (Å²) in [6, 6.07) is 6.85. The fourth-order valence-electron chi connectivity index (χ4n) is 12.9. The summed E-state index contributed by atoms with van der Waals surface area (Å²) < 4.78 is 40.9. The first kappa shape index (κ1) is 35.1. The number of esters is 1. The Bertz CT molecular complexity index is 1700. The van der Waals surface area contributed by atoms with Gasteiger partial charge in [0.1, 0.15) is 29.9 Å². The molecule has 8 rings (SSSR count). The van der Waals surface area contributed by atoms with E-state index in [1.165, 1.54) is 25.0 Å². The molecular weight excluding hydrogens is 650 g/mol. The van der Waals surface area contributed by atoms with Gasteiger partial charge in [-0.25, -0.2) is 13.6 Å². The summed E-state index contributed by atoms with van der Waals surface area (Å²) in [6.45, 7) is 13.2. The Balaban J connectivity index is 1.02. The molecule has 5 saturated carbocycles. The molecule has 1 aromatic carbocycles. The molecule has 1 saturated heterocycles. The average Bonchev–Trinajstić information content (AvgIpc) is 3.70. The molecule has 0 bridgehead atoms. The van der Waals surface area contributed by atoms with Crippen LogP contribution in [0.15, 0.2) is 42.7 Å². The molecule has 51 heavy (non-hydrogen) atoms. The molecule has 0 unspecified atom stereocenters. The van der Waals surface area contributed by atoms with Crippen LogP contribution in [0.4, 0.5) is 8.78 Å². The summed E-state index contributed by atoms with van der Waals surface area (Å²) in [5.41, 5.74) is 0.237. The van der Waals surface area contributed by atoms with Gasteiger partial charge < -0.3 is 19.5 Å². The number of pyridine rings is 1. The number of aromatic nitrogens is 1. The van der Waals surface area contributed by atoms with Crippen LogP contribution in [0.2, 0.25) is 0 Å². The topological polar surface area (TPSA) is 89.0 Å². The van der Waals surface area contributed by atoms with Gasteiger partial charge in [-0.15, -0.1) is 0 Å². The van der Waals surface area contributed by atoms with Crippen LogP contribution in [0.5, 0.6) is 0 Å². The summed E-state index contributed by atoms with van der Waals surface area (Å²) >= 11 is 0. The highest BCUT2D eigenvalue weighted by molar-refractivity contribution is 5.89. The number of rotatable bonds is 6. The molecule has 1 aliphatic heterocycles. The van der Waals surface area contributed by atoms with Crippen molar-refractivity contribution in [1.29, 1.82) is 0 Å². The number of aliphatic hydroxyl groups excluding tert-OH is 1. The van der Waals surface area contributed by atoms with Gasteiger partial charge in [-0.05, 0) is 115 Å². The van der Waals surface area contributed by atoms with E-state index >= 15 is 0 Å². The number of hydrogen-bond acceptors (Lipinski definition) is 6. The number of ether oxygens (including phenoxy) is 2. The number of halogens is 2. The zero-order valence-corrected chi connectivity index (χ0v) is 30.7. The van der Waals surface area contributed by atoms with Crippen LogP contribution in [-0.2, 0) is 20.8 Å². The molecule has 2 spiro atoms. The lowest BCUT2D eigenvalue weighted by atomic mass is 9.41. The van der Waals surface area contributed by atoms with Crippen molar-refractivity contribution in [3.63, 3.8) is 0 Å². The predicted molar refractivity (Wildman–Crippen MR) is 186 cm³/mol. The van der Waals surface area contributed by atoms with Gasteiger partial charge in [-0.3, -0.25) is 9.78 Å². The van der Waals surface area contributed by atoms with Gasteiger partial charge in [-0.1, -0.05) is 34.6 Å². The van der Waals surface area contributed by atoms with E-state index < -0.39 is 23.2 Å². The van der Waals surface area contributed by atoms with Crippen molar-refractivity contribution in [3.05, 3.63) is 83.6 Å². The molecule has 5 aliphatic carbocycles. The van der Waals surface area contributed by atoms with Gasteiger partial charge in [-0.2, -0.15) is 0 Å². The van der Waals surface area contributed by atoms with E-state index in [4.69, 9.17) is 9.47 Å². The Morgan fingerprint density at radius 2 is 1.80 bits per heavy atom. The molecular formula is C42H51F2N2O5. The van der Waals surface area contributed by atoms with Crippen molar-refractivity contribution < 1.29 is 33.0 Å². The Hall–Kier alpha value is -2.91. The number of carbonyl (C=O) groups excluding carboxylic acids is 2. The van der Waals surface area contributed by atoms with E-state index in [2.05, 4.69) is 39.6 Å². The highest BCUT2D eigenvalue weighted by Gasteiger charge is 2.85. The smallest absolute Gasteiger partial charge is 0.339 e. The molecule has 7 nitrogen and oxygen atoms in total. The third-order valence-electron chi connectivity index (χ3n) is 15.3. The third kappa shape index (κ3) is 4.95. The van der Waals surface area contributed by atoms with Crippen molar-refractivity contribution in [1.82, 2.24) is 9.88 Å². The second-order valence-electron chi connectivity index (χ2n) is 17.9. The highest BCUT2D eigenvalue weighted by atomic mass is 19.1. The lowest BCUT2D eigenvalue weighted by Gasteiger charge is -2.63. The van der Waals surface area contributed by atoms with Crippen molar-refractivity contribution >= 4 is 11.9 Å². The summed E-state index contributed by atoms with van der Waals surface area (Å²) in [7, 11) is 0. The van der Waals surface area contributed by atoms with Crippen LogP contribution in [-0.4, -0.2) is 45.6 Å². The molecule has 273 valence electrons. The fraction of sp³-hybridized carbons (Fsp3) is 0.619. The molecule has 1 aromatic heterocycles. The molecule has 9 heteroatoms. The summed E-state index contributed by atoms with van der Waals surface area (Å²) in [4.78, 5) is 31.5. The third-order valence-corrected chi connectivity index (χ3v) is 15.3. The largest absolute Gasteiger partial charge is 0.458 e. The predicted octanol–water partition coefficient (Wildman–Crippen LogP) is 8.03. The van der Waals surface area contributed by atoms with E-state index in [0.29, 0.717) is 29.6 Å². The number of aliphatic hydroxyl groups is 1. The van der Waals surface area contributed by atoms with E-state index in [1.807, 2.05) is 0 Å². The Labute approximate surface area is 300 Å². The van der Waals surface area contributed by atoms with E-state index in [9.17, 15) is 23.5 Å². The van der Waals surface area contributed by atoms with Gasteiger partial charge in [0.05, 0.1) is 18.2 Å². The van der Waals surface area contributed by atoms with Crippen LogP contribution < -0.4 is 0 Å². The van der Waals surface area contributed by atoms with Crippen molar-refractivity contribution in [2.24, 2.45) is 44.8 Å². The van der Waals surface area contributed by atoms with Crippen molar-refractivity contribution in [3.8, 4) is 0 Å². The molecule has 1 amide bonds. The second-order valence-corrected chi connectivity index (χ2v) is 17.9. The van der Waals surface area contributed by atoms with Crippen LogP contribution in [0.3, 0.4) is 0 Å². The summed E-state index contributed by atoms with van der Waals surface area (Å²) in [5.74, 6) is 0.314. The second kappa shape index (κ2) is 11.8. The molecule has 3 radical (unpaired) electrons. The maximum atomic E-state index is 14.0. The SMILES string of the molecule is CC(=O)N(C[C]1C[C@@H](C)[C@H]2[C](O1)[C@H](O)[C@@]1(C)[C]3CC[C@H]4C(C)(C)[C@@H](OC(=O)c5cccnc5)CC[C@@]45C[C@@]35CC[C@]21C)Cc1cc(F)cc(F)c1. The first-order valence-electron chi connectivity index (χ1n) is 18.8. The number of amides is 1. The van der Waals surface area contributed by atoms with Gasteiger partial charge in [0.15, 0.2) is 0 Å². The minimum Gasteiger partial charge on any atom is -0.458 e. The highest BCUT2D eigenvalue weighted by Crippen LogP contribution is 2.90. The molecule has 2 aromatic rings. The lowest BCUT2D eigenvalue weighted by Crippen LogP contribution is -2.59. The normalized spacial score (nSPS) is 39.9. The van der Waals surface area contributed by atoms with Crippen LogP contribution in [0, 0.1) is 74.6 Å². The molecule has 1 N–H and O–H groups in total. The lowest BCUT2D eigenvalue weighted by molar-refractivity contribution is -0.131. The van der Waals surface area contributed by atoms with E-state index in [1.54, 1.807) is 29.4 Å². The van der Waals surface area contributed by atoms with Crippen LogP contribution in [0.1, 0.15) is 109 Å². The van der Waals surface area contributed by atoms with Crippen LogP contribution >= 0.6 is 0 Å². The average molecular weight is 702 g/mol. The number of nitrogens with zero attached hydrogens (tertiary/aromatic N) is 2. The summed E-state index contributed by atoms with van der Waals surface area (Å²) in [5, 5.41) is 12.5. The van der Waals surface area contributed by atoms with Gasteiger partial charge in [0.25, 0.3) is 0 Å². The van der Waals surface area contributed by atoms with Crippen molar-refractivity contribution in [2.45, 2.75) is 112 Å². The summed E-state index contributed by atoms with van der Waals surface area (Å²) in [6.07, 6.45) is 11.4. The minimum atomic E-state index is -0.778. The number of hydrogen-bond donors (Lipinski definition) is 1. The quantitative estimate of drug-likeness (QED) is 0.307. The number of fused-ring (bicyclic) bond motifs is 4.